The molecule has 3 rings (SSSR count). The van der Waals surface area contributed by atoms with Crippen molar-refractivity contribution in [2.24, 2.45) is 0 Å². The lowest BCUT2D eigenvalue weighted by Gasteiger charge is -2.10. The van der Waals surface area contributed by atoms with Gasteiger partial charge in [0, 0.05) is 5.56 Å². The second-order valence-corrected chi connectivity index (χ2v) is 4.63. The van der Waals surface area contributed by atoms with Crippen molar-refractivity contribution in [1.29, 1.82) is 0 Å². The Morgan fingerprint density at radius 1 is 1.14 bits per heavy atom. The van der Waals surface area contributed by atoms with Crippen molar-refractivity contribution in [2.75, 3.05) is 0 Å². The van der Waals surface area contributed by atoms with Gasteiger partial charge in [-0.1, -0.05) is 30.3 Å². The van der Waals surface area contributed by atoms with E-state index < -0.39 is 5.97 Å². The van der Waals surface area contributed by atoms with E-state index in [9.17, 15) is 4.79 Å². The zero-order valence-corrected chi connectivity index (χ0v) is 11.6. The molecule has 6 heteroatoms. The van der Waals surface area contributed by atoms with E-state index in [1.54, 1.807) is 30.5 Å². The molecule has 2 aromatic carbocycles. The van der Waals surface area contributed by atoms with Crippen LogP contribution in [0.25, 0.3) is 11.1 Å². The summed E-state index contributed by atoms with van der Waals surface area (Å²) in [5.74, 6) is -0.240. The largest absolute Gasteiger partial charge is 0.487 e. The lowest BCUT2D eigenvalue weighted by Crippen LogP contribution is -1.98. The monoisotopic (exact) mass is 295 g/mol. The van der Waals surface area contributed by atoms with Gasteiger partial charge in [-0.25, -0.2) is 4.79 Å². The maximum absolute atomic E-state index is 10.9. The minimum atomic E-state index is -0.942. The Labute approximate surface area is 126 Å². The number of aromatic amines is 1. The van der Waals surface area contributed by atoms with Crippen molar-refractivity contribution < 1.29 is 14.6 Å². The highest BCUT2D eigenvalue weighted by atomic mass is 16.5. The second kappa shape index (κ2) is 6.09. The molecule has 6 nitrogen and oxygen atoms in total. The van der Waals surface area contributed by atoms with Gasteiger partial charge in [0.1, 0.15) is 18.1 Å². The Balaban J connectivity index is 1.85. The molecule has 0 saturated heterocycles. The number of H-pyrrole nitrogens is 1. The topological polar surface area (TPSA) is 88.1 Å². The van der Waals surface area contributed by atoms with E-state index in [4.69, 9.17) is 9.84 Å². The highest BCUT2D eigenvalue weighted by molar-refractivity contribution is 5.88. The van der Waals surface area contributed by atoms with E-state index in [-0.39, 0.29) is 5.56 Å². The van der Waals surface area contributed by atoms with Crippen LogP contribution < -0.4 is 4.74 Å². The average Bonchev–Trinajstić information content (AvgIpc) is 3.07. The zero-order valence-electron chi connectivity index (χ0n) is 11.6. The Kier molecular flexibility index (Phi) is 3.82. The molecule has 0 bridgehead atoms. The first kappa shape index (κ1) is 13.8. The molecule has 1 heterocycles. The van der Waals surface area contributed by atoms with Gasteiger partial charge in [-0.15, -0.1) is 0 Å². The first-order valence-electron chi connectivity index (χ1n) is 6.64. The van der Waals surface area contributed by atoms with Crippen LogP contribution in [0, 0.1) is 0 Å². The summed E-state index contributed by atoms with van der Waals surface area (Å²) in [6, 6.07) is 14.3. The Morgan fingerprint density at radius 2 is 1.91 bits per heavy atom. The second-order valence-electron chi connectivity index (χ2n) is 4.63. The molecule has 0 unspecified atom stereocenters. The van der Waals surface area contributed by atoms with Gasteiger partial charge in [-0.05, 0) is 23.8 Å². The van der Waals surface area contributed by atoms with Crippen molar-refractivity contribution in [3.05, 3.63) is 66.0 Å². The van der Waals surface area contributed by atoms with Crippen molar-refractivity contribution in [3.8, 4) is 16.9 Å². The fourth-order valence-electron chi connectivity index (χ4n) is 2.07. The number of nitrogens with one attached hydrogen (secondary N) is 1. The SMILES string of the molecule is O=C(O)c1ccc(-c2ccccc2OCc2cn[nH]n2)cc1. The zero-order chi connectivity index (χ0) is 15.4. The summed E-state index contributed by atoms with van der Waals surface area (Å²) in [6.07, 6.45) is 1.60. The van der Waals surface area contributed by atoms with Gasteiger partial charge in [0.15, 0.2) is 0 Å². The maximum atomic E-state index is 10.9. The summed E-state index contributed by atoms with van der Waals surface area (Å²) in [7, 11) is 0. The molecule has 0 atom stereocenters. The molecule has 0 amide bonds. The number of aromatic nitrogens is 3. The molecule has 0 saturated carbocycles. The quantitative estimate of drug-likeness (QED) is 0.755. The van der Waals surface area contributed by atoms with E-state index in [2.05, 4.69) is 15.4 Å². The predicted molar refractivity (Wildman–Crippen MR) is 79.6 cm³/mol. The third-order valence-corrected chi connectivity index (χ3v) is 3.17. The van der Waals surface area contributed by atoms with Gasteiger partial charge in [-0.3, -0.25) is 0 Å². The standard InChI is InChI=1S/C16H13N3O3/c20-16(21)12-7-5-11(6-8-12)14-3-1-2-4-15(14)22-10-13-9-17-19-18-13/h1-9H,10H2,(H,20,21)(H,17,18,19). The van der Waals surface area contributed by atoms with Crippen molar-refractivity contribution in [3.63, 3.8) is 0 Å². The number of hydrogen-bond donors (Lipinski definition) is 2. The molecule has 0 aliphatic rings. The first-order valence-corrected chi connectivity index (χ1v) is 6.64. The Bertz CT molecular complexity index is 768. The highest BCUT2D eigenvalue weighted by Crippen LogP contribution is 2.30. The van der Waals surface area contributed by atoms with E-state index in [1.165, 1.54) is 0 Å². The number of carbonyl (C=O) groups is 1. The summed E-state index contributed by atoms with van der Waals surface area (Å²) < 4.78 is 5.77. The third kappa shape index (κ3) is 2.95. The number of hydrogen-bond acceptors (Lipinski definition) is 4. The summed E-state index contributed by atoms with van der Waals surface area (Å²) >= 11 is 0. The number of benzene rings is 2. The van der Waals surface area contributed by atoms with E-state index in [0.29, 0.717) is 18.1 Å². The Hall–Kier alpha value is -3.15. The smallest absolute Gasteiger partial charge is 0.335 e. The molecule has 22 heavy (non-hydrogen) atoms. The number of ether oxygens (including phenoxy) is 1. The van der Waals surface area contributed by atoms with Gasteiger partial charge in [0.2, 0.25) is 0 Å². The molecule has 1 aromatic heterocycles. The number of aromatic carboxylic acids is 1. The van der Waals surface area contributed by atoms with Gasteiger partial charge < -0.3 is 9.84 Å². The minimum absolute atomic E-state index is 0.254. The third-order valence-electron chi connectivity index (χ3n) is 3.17. The number of rotatable bonds is 5. The van der Waals surface area contributed by atoms with Crippen LogP contribution in [0.1, 0.15) is 16.1 Å². The average molecular weight is 295 g/mol. The molecule has 0 aliphatic carbocycles. The molecule has 3 aromatic rings. The van der Waals surface area contributed by atoms with Crippen LogP contribution >= 0.6 is 0 Å². The van der Waals surface area contributed by atoms with E-state index in [0.717, 1.165) is 11.1 Å². The van der Waals surface area contributed by atoms with Crippen LogP contribution in [0.5, 0.6) is 5.75 Å². The molecule has 110 valence electrons. The van der Waals surface area contributed by atoms with Gasteiger partial charge in [0.05, 0.1) is 11.8 Å². The number of carboxylic acid groups (broad SMARTS) is 1. The van der Waals surface area contributed by atoms with Crippen LogP contribution in [-0.2, 0) is 6.61 Å². The highest BCUT2D eigenvalue weighted by Gasteiger charge is 2.08. The molecule has 0 spiro atoms. The van der Waals surface area contributed by atoms with Crippen molar-refractivity contribution in [2.45, 2.75) is 6.61 Å². The van der Waals surface area contributed by atoms with Crippen LogP contribution in [0.2, 0.25) is 0 Å². The van der Waals surface area contributed by atoms with Gasteiger partial charge in [0.25, 0.3) is 0 Å². The lowest BCUT2D eigenvalue weighted by molar-refractivity contribution is 0.0697. The molecule has 2 N–H and O–H groups in total. The van der Waals surface area contributed by atoms with Crippen LogP contribution in [0.15, 0.2) is 54.7 Å². The van der Waals surface area contributed by atoms with E-state index >= 15 is 0 Å². The van der Waals surface area contributed by atoms with Gasteiger partial charge in [-0.2, -0.15) is 15.4 Å². The summed E-state index contributed by atoms with van der Waals surface area (Å²) in [5.41, 5.74) is 2.74. The molecule has 0 fully saturated rings. The number of para-hydroxylation sites is 1. The fourth-order valence-corrected chi connectivity index (χ4v) is 2.07. The Morgan fingerprint density at radius 3 is 2.59 bits per heavy atom. The number of carboxylic acids is 1. The lowest BCUT2D eigenvalue weighted by atomic mass is 10.0. The summed E-state index contributed by atoms with van der Waals surface area (Å²) in [4.78, 5) is 10.9. The minimum Gasteiger partial charge on any atom is -0.487 e. The molecule has 0 aliphatic heterocycles. The molecular formula is C16H13N3O3. The first-order chi connectivity index (χ1) is 10.7. The van der Waals surface area contributed by atoms with Crippen molar-refractivity contribution >= 4 is 5.97 Å². The molecular weight excluding hydrogens is 282 g/mol. The molecule has 0 radical (unpaired) electrons. The van der Waals surface area contributed by atoms with Crippen LogP contribution in [0.4, 0.5) is 0 Å². The summed E-state index contributed by atoms with van der Waals surface area (Å²) in [6.45, 7) is 0.306. The van der Waals surface area contributed by atoms with E-state index in [1.807, 2.05) is 24.3 Å². The number of nitrogens with zero attached hydrogens (tertiary/aromatic N) is 2. The maximum Gasteiger partial charge on any atom is 0.335 e. The summed E-state index contributed by atoms with van der Waals surface area (Å²) in [5, 5.41) is 19.2. The fraction of sp³-hybridized carbons (Fsp3) is 0.0625. The van der Waals surface area contributed by atoms with Gasteiger partial charge >= 0.3 is 5.97 Å². The van der Waals surface area contributed by atoms with Crippen LogP contribution in [-0.4, -0.2) is 26.5 Å². The predicted octanol–water partition coefficient (Wildman–Crippen LogP) is 2.75. The normalized spacial score (nSPS) is 10.4. The van der Waals surface area contributed by atoms with Crippen molar-refractivity contribution in [1.82, 2.24) is 15.4 Å². The van der Waals surface area contributed by atoms with Crippen LogP contribution in [0.3, 0.4) is 0 Å².